The zero-order chi connectivity index (χ0) is 8.15. The fourth-order valence-electron chi connectivity index (χ4n) is 0.385. The van der Waals surface area contributed by atoms with Crippen molar-refractivity contribution in [2.24, 2.45) is 23.1 Å². The summed E-state index contributed by atoms with van der Waals surface area (Å²) in [5, 5.41) is 0. The van der Waals surface area contributed by atoms with Gasteiger partial charge in [0.1, 0.15) is 0 Å². The molecule has 0 aromatic carbocycles. The molecule has 58 valence electrons. The minimum atomic E-state index is 0.281. The lowest BCUT2D eigenvalue weighted by atomic mass is 10.1. The van der Waals surface area contributed by atoms with E-state index in [1.165, 1.54) is 0 Å². The van der Waals surface area contributed by atoms with Gasteiger partial charge in [0.2, 0.25) is 0 Å². The molecule has 6 N–H and O–H groups in total. The van der Waals surface area contributed by atoms with Gasteiger partial charge in [0.15, 0.2) is 0 Å². The van der Waals surface area contributed by atoms with Crippen LogP contribution < -0.4 is 17.2 Å². The van der Waals surface area contributed by atoms with Gasteiger partial charge in [0, 0.05) is 5.70 Å². The second-order valence-corrected chi connectivity index (χ2v) is 2.49. The number of allylic oxidation sites excluding steroid dienone is 3. The van der Waals surface area contributed by atoms with Gasteiger partial charge in [-0.05, 0) is 18.1 Å². The maximum absolute atomic E-state index is 5.57. The molecule has 0 unspecified atom stereocenters. The molecule has 3 heteroatoms. The third kappa shape index (κ3) is 3.83. The molecule has 0 saturated carbocycles. The Labute approximate surface area is 61.6 Å². The molecular weight excluding hydrogens is 126 g/mol. The molecule has 3 nitrogen and oxygen atoms in total. The van der Waals surface area contributed by atoms with Crippen molar-refractivity contribution in [1.29, 1.82) is 0 Å². The van der Waals surface area contributed by atoms with Gasteiger partial charge in [0.25, 0.3) is 0 Å². The predicted octanol–water partition coefficient (Wildman–Crippen LogP) is 0.244. The van der Waals surface area contributed by atoms with E-state index in [0.29, 0.717) is 5.92 Å². The van der Waals surface area contributed by atoms with Gasteiger partial charge in [0.05, 0.1) is 5.82 Å². The predicted molar refractivity (Wildman–Crippen MR) is 43.6 cm³/mol. The van der Waals surface area contributed by atoms with E-state index in [9.17, 15) is 0 Å². The van der Waals surface area contributed by atoms with Crippen LogP contribution in [0.2, 0.25) is 0 Å². The number of rotatable bonds is 2. The van der Waals surface area contributed by atoms with Crippen LogP contribution in [-0.2, 0) is 0 Å². The maximum Gasteiger partial charge on any atom is 0.0934 e. The van der Waals surface area contributed by atoms with E-state index in [1.807, 2.05) is 13.8 Å². The van der Waals surface area contributed by atoms with Gasteiger partial charge in [-0.1, -0.05) is 13.8 Å². The lowest BCUT2D eigenvalue weighted by Crippen LogP contribution is -2.08. The lowest BCUT2D eigenvalue weighted by Gasteiger charge is -2.01. The third-order valence-corrected chi connectivity index (χ3v) is 1.13. The molecule has 0 bridgehead atoms. The Morgan fingerprint density at radius 2 is 1.60 bits per heavy atom. The number of hydrogen-bond donors (Lipinski definition) is 3. The molecule has 0 heterocycles. The second-order valence-electron chi connectivity index (χ2n) is 2.49. The van der Waals surface area contributed by atoms with Gasteiger partial charge in [-0.2, -0.15) is 0 Å². The lowest BCUT2D eigenvalue weighted by molar-refractivity contribution is 0.757. The Kier molecular flexibility index (Phi) is 3.39. The van der Waals surface area contributed by atoms with Crippen LogP contribution in [0.4, 0.5) is 0 Å². The molecule has 0 amide bonds. The molecule has 0 atom stereocenters. The zero-order valence-electron chi connectivity index (χ0n) is 6.46. The van der Waals surface area contributed by atoms with Crippen molar-refractivity contribution in [1.82, 2.24) is 0 Å². The molecule has 0 aromatic rings. The van der Waals surface area contributed by atoms with Crippen LogP contribution in [-0.4, -0.2) is 0 Å². The Bertz CT molecular complexity index is 152. The Hall–Kier alpha value is -1.12. The zero-order valence-corrected chi connectivity index (χ0v) is 6.46. The summed E-state index contributed by atoms with van der Waals surface area (Å²) in [6.07, 6.45) is 3.31. The van der Waals surface area contributed by atoms with Crippen LogP contribution in [0.5, 0.6) is 0 Å². The molecule has 0 fully saturated rings. The first-order chi connectivity index (χ1) is 4.54. The van der Waals surface area contributed by atoms with Crippen LogP contribution in [0, 0.1) is 5.92 Å². The highest BCUT2D eigenvalue weighted by Gasteiger charge is 1.93. The maximum atomic E-state index is 5.57. The quantitative estimate of drug-likeness (QED) is 0.482. The SMILES string of the molecule is CC(C)/C(N)=C/C=C(N)N. The first-order valence-corrected chi connectivity index (χ1v) is 3.22. The minimum Gasteiger partial charge on any atom is -0.402 e. The molecular formula is C7H15N3. The van der Waals surface area contributed by atoms with E-state index in [-0.39, 0.29) is 5.82 Å². The summed E-state index contributed by atoms with van der Waals surface area (Å²) >= 11 is 0. The molecule has 0 saturated heterocycles. The smallest absolute Gasteiger partial charge is 0.0934 e. The molecule has 0 aliphatic rings. The van der Waals surface area contributed by atoms with Crippen molar-refractivity contribution in [3.63, 3.8) is 0 Å². The minimum absolute atomic E-state index is 0.281. The highest BCUT2D eigenvalue weighted by atomic mass is 14.8. The van der Waals surface area contributed by atoms with Crippen molar-refractivity contribution >= 4 is 0 Å². The van der Waals surface area contributed by atoms with Crippen molar-refractivity contribution in [3.8, 4) is 0 Å². The van der Waals surface area contributed by atoms with Gasteiger partial charge < -0.3 is 17.2 Å². The molecule has 0 radical (unpaired) electrons. The second kappa shape index (κ2) is 3.82. The third-order valence-electron chi connectivity index (χ3n) is 1.13. The van der Waals surface area contributed by atoms with E-state index in [4.69, 9.17) is 17.2 Å². The molecule has 0 aromatic heterocycles. The average Bonchev–Trinajstić information content (AvgIpc) is 1.82. The molecule has 0 aliphatic heterocycles. The van der Waals surface area contributed by atoms with Crippen LogP contribution in [0.15, 0.2) is 23.7 Å². The van der Waals surface area contributed by atoms with Gasteiger partial charge in [-0.15, -0.1) is 0 Å². The summed E-state index contributed by atoms with van der Waals surface area (Å²) in [5.41, 5.74) is 16.7. The summed E-state index contributed by atoms with van der Waals surface area (Å²) in [7, 11) is 0. The molecule has 10 heavy (non-hydrogen) atoms. The van der Waals surface area contributed by atoms with Crippen molar-refractivity contribution in [3.05, 3.63) is 23.7 Å². The molecule has 0 spiro atoms. The summed E-state index contributed by atoms with van der Waals surface area (Å²) in [6.45, 7) is 4.01. The summed E-state index contributed by atoms with van der Waals surface area (Å²) in [4.78, 5) is 0. The molecule has 0 rings (SSSR count). The first-order valence-electron chi connectivity index (χ1n) is 3.22. The van der Waals surface area contributed by atoms with E-state index in [0.717, 1.165) is 5.70 Å². The van der Waals surface area contributed by atoms with Gasteiger partial charge in [-0.3, -0.25) is 0 Å². The number of nitrogens with two attached hydrogens (primary N) is 3. The highest BCUT2D eigenvalue weighted by Crippen LogP contribution is 2.01. The average molecular weight is 141 g/mol. The Morgan fingerprint density at radius 1 is 1.10 bits per heavy atom. The van der Waals surface area contributed by atoms with Crippen LogP contribution >= 0.6 is 0 Å². The van der Waals surface area contributed by atoms with Crippen molar-refractivity contribution < 1.29 is 0 Å². The number of hydrogen-bond acceptors (Lipinski definition) is 3. The van der Waals surface area contributed by atoms with Crippen molar-refractivity contribution in [2.45, 2.75) is 13.8 Å². The largest absolute Gasteiger partial charge is 0.402 e. The van der Waals surface area contributed by atoms with Crippen molar-refractivity contribution in [2.75, 3.05) is 0 Å². The van der Waals surface area contributed by atoms with E-state index >= 15 is 0 Å². The standard InChI is InChI=1S/C7H15N3/c1-5(2)6(8)3-4-7(9)10/h3-5H,8-10H2,1-2H3/b6-3-. The fourth-order valence-corrected chi connectivity index (χ4v) is 0.385. The van der Waals surface area contributed by atoms with Gasteiger partial charge in [-0.25, -0.2) is 0 Å². The van der Waals surface area contributed by atoms with Crippen LogP contribution in [0.3, 0.4) is 0 Å². The summed E-state index contributed by atoms with van der Waals surface area (Å²) < 4.78 is 0. The monoisotopic (exact) mass is 141 g/mol. The Morgan fingerprint density at radius 3 is 1.90 bits per heavy atom. The van der Waals surface area contributed by atoms with E-state index in [1.54, 1.807) is 12.2 Å². The Balaban J connectivity index is 4.05. The van der Waals surface area contributed by atoms with E-state index < -0.39 is 0 Å². The van der Waals surface area contributed by atoms with Gasteiger partial charge >= 0.3 is 0 Å². The summed E-state index contributed by atoms with van der Waals surface area (Å²) in [5.74, 6) is 0.624. The topological polar surface area (TPSA) is 78.1 Å². The fraction of sp³-hybridized carbons (Fsp3) is 0.429. The molecule has 0 aliphatic carbocycles. The highest BCUT2D eigenvalue weighted by molar-refractivity contribution is 5.13. The first kappa shape index (κ1) is 8.88. The van der Waals surface area contributed by atoms with Crippen LogP contribution in [0.25, 0.3) is 0 Å². The normalized spacial score (nSPS) is 11.7. The summed E-state index contributed by atoms with van der Waals surface area (Å²) in [6, 6.07) is 0. The van der Waals surface area contributed by atoms with Crippen LogP contribution in [0.1, 0.15) is 13.8 Å². The van der Waals surface area contributed by atoms with E-state index in [2.05, 4.69) is 0 Å².